The van der Waals surface area contributed by atoms with Crippen molar-refractivity contribution in [3.8, 4) is 0 Å². The molecule has 1 rings (SSSR count). The summed E-state index contributed by atoms with van der Waals surface area (Å²) in [5.41, 5.74) is -0.00930. The van der Waals surface area contributed by atoms with Crippen molar-refractivity contribution in [3.63, 3.8) is 0 Å². The number of carbonyl (C=O) groups is 1. The Morgan fingerprint density at radius 3 is 2.47 bits per heavy atom. The minimum Gasteiger partial charge on any atom is -0.481 e. The molecule has 3 heteroatoms. The molecule has 1 aromatic rings. The molecule has 0 fully saturated rings. The average molecular weight is 208 g/mol. The highest BCUT2D eigenvalue weighted by Gasteiger charge is 2.23. The summed E-state index contributed by atoms with van der Waals surface area (Å²) < 4.78 is 0. The van der Waals surface area contributed by atoms with Crippen LogP contribution in [0.3, 0.4) is 0 Å². The molecule has 0 saturated heterocycles. The van der Waals surface area contributed by atoms with Crippen LogP contribution < -0.4 is 0 Å². The summed E-state index contributed by atoms with van der Waals surface area (Å²) in [6.07, 6.45) is 0.949. The van der Waals surface area contributed by atoms with E-state index in [-0.39, 0.29) is 6.42 Å². The number of carboxylic acids is 1. The van der Waals surface area contributed by atoms with Gasteiger partial charge in [-0.05, 0) is 25.3 Å². The molecule has 0 bridgehead atoms. The maximum Gasteiger partial charge on any atom is 0.306 e. The molecule has 0 saturated carbocycles. The molecule has 1 unspecified atom stereocenters. The summed E-state index contributed by atoms with van der Waals surface area (Å²) in [5, 5.41) is 18.4. The largest absolute Gasteiger partial charge is 0.481 e. The van der Waals surface area contributed by atoms with E-state index in [0.717, 1.165) is 5.56 Å². The molecule has 2 N–H and O–H groups in total. The fraction of sp³-hybridized carbons (Fsp3) is 0.417. The van der Waals surface area contributed by atoms with Crippen molar-refractivity contribution >= 4 is 5.97 Å². The van der Waals surface area contributed by atoms with Crippen molar-refractivity contribution in [1.29, 1.82) is 0 Å². The second-order valence-electron chi connectivity index (χ2n) is 4.05. The van der Waals surface area contributed by atoms with Gasteiger partial charge in [0.05, 0.1) is 12.0 Å². The van der Waals surface area contributed by atoms with Gasteiger partial charge in [0.2, 0.25) is 0 Å². The molecule has 82 valence electrons. The number of aryl methyl sites for hydroxylation is 1. The molecule has 0 spiro atoms. The van der Waals surface area contributed by atoms with Crippen LogP contribution in [0.2, 0.25) is 0 Å². The lowest BCUT2D eigenvalue weighted by atomic mass is 9.94. The average Bonchev–Trinajstić information content (AvgIpc) is 2.15. The van der Waals surface area contributed by atoms with Crippen LogP contribution in [0, 0.1) is 0 Å². The van der Waals surface area contributed by atoms with Crippen molar-refractivity contribution < 1.29 is 15.0 Å². The second kappa shape index (κ2) is 4.94. The van der Waals surface area contributed by atoms with Gasteiger partial charge in [-0.1, -0.05) is 30.3 Å². The highest BCUT2D eigenvalue weighted by Crippen LogP contribution is 2.17. The Bertz CT molecular complexity index is 317. The minimum absolute atomic E-state index is 0.208. The molecule has 0 amide bonds. The van der Waals surface area contributed by atoms with Crippen molar-refractivity contribution in [2.24, 2.45) is 0 Å². The number of hydrogen-bond acceptors (Lipinski definition) is 2. The zero-order valence-electron chi connectivity index (χ0n) is 8.81. The first-order chi connectivity index (χ1) is 6.99. The van der Waals surface area contributed by atoms with Crippen molar-refractivity contribution in [2.75, 3.05) is 0 Å². The van der Waals surface area contributed by atoms with Crippen molar-refractivity contribution in [3.05, 3.63) is 35.9 Å². The number of aliphatic hydroxyl groups is 1. The molecule has 1 aromatic carbocycles. The first-order valence-corrected chi connectivity index (χ1v) is 4.98. The Kier molecular flexibility index (Phi) is 3.86. The van der Waals surface area contributed by atoms with Crippen LogP contribution in [0.1, 0.15) is 25.3 Å². The molecular formula is C12H16O3. The number of rotatable bonds is 5. The topological polar surface area (TPSA) is 57.5 Å². The SMILES string of the molecule is CC(O)(CCc1ccccc1)CC(=O)O. The Morgan fingerprint density at radius 2 is 1.93 bits per heavy atom. The number of hydrogen-bond donors (Lipinski definition) is 2. The van der Waals surface area contributed by atoms with Crippen LogP contribution in [0.5, 0.6) is 0 Å². The molecule has 0 heterocycles. The third kappa shape index (κ3) is 4.61. The van der Waals surface area contributed by atoms with Gasteiger partial charge in [0.25, 0.3) is 0 Å². The third-order valence-corrected chi connectivity index (χ3v) is 2.33. The van der Waals surface area contributed by atoms with E-state index < -0.39 is 11.6 Å². The van der Waals surface area contributed by atoms with Gasteiger partial charge in [0.1, 0.15) is 0 Å². The zero-order valence-corrected chi connectivity index (χ0v) is 8.81. The van der Waals surface area contributed by atoms with Gasteiger partial charge < -0.3 is 10.2 Å². The molecular weight excluding hydrogens is 192 g/mol. The van der Waals surface area contributed by atoms with Crippen LogP contribution in [0.4, 0.5) is 0 Å². The minimum atomic E-state index is -1.12. The summed E-state index contributed by atoms with van der Waals surface area (Å²) in [6.45, 7) is 1.56. The van der Waals surface area contributed by atoms with Crippen molar-refractivity contribution in [1.82, 2.24) is 0 Å². The Morgan fingerprint density at radius 1 is 1.33 bits per heavy atom. The van der Waals surface area contributed by atoms with Gasteiger partial charge in [0.15, 0.2) is 0 Å². The molecule has 3 nitrogen and oxygen atoms in total. The van der Waals surface area contributed by atoms with E-state index in [9.17, 15) is 9.90 Å². The number of benzene rings is 1. The lowest BCUT2D eigenvalue weighted by Crippen LogP contribution is -2.28. The first-order valence-electron chi connectivity index (χ1n) is 4.98. The monoisotopic (exact) mass is 208 g/mol. The Balaban J connectivity index is 2.46. The van der Waals surface area contributed by atoms with Gasteiger partial charge in [-0.2, -0.15) is 0 Å². The summed E-state index contributed by atoms with van der Waals surface area (Å²) in [5.74, 6) is -0.965. The summed E-state index contributed by atoms with van der Waals surface area (Å²) >= 11 is 0. The lowest BCUT2D eigenvalue weighted by molar-refractivity contribution is -0.142. The fourth-order valence-corrected chi connectivity index (χ4v) is 1.47. The van der Waals surface area contributed by atoms with Crippen LogP contribution in [0.25, 0.3) is 0 Å². The normalized spacial score (nSPS) is 14.5. The molecule has 1 atom stereocenters. The highest BCUT2D eigenvalue weighted by atomic mass is 16.4. The zero-order chi connectivity index (χ0) is 11.3. The highest BCUT2D eigenvalue weighted by molar-refractivity contribution is 5.68. The Hall–Kier alpha value is -1.35. The van der Waals surface area contributed by atoms with Gasteiger partial charge in [-0.25, -0.2) is 0 Å². The van der Waals surface area contributed by atoms with E-state index in [4.69, 9.17) is 5.11 Å². The molecule has 15 heavy (non-hydrogen) atoms. The van der Waals surface area contributed by atoms with Gasteiger partial charge in [-0.3, -0.25) is 4.79 Å². The van der Waals surface area contributed by atoms with Crippen LogP contribution in [0.15, 0.2) is 30.3 Å². The molecule has 0 aromatic heterocycles. The molecule has 0 aliphatic rings. The molecule has 0 radical (unpaired) electrons. The van der Waals surface area contributed by atoms with Crippen molar-refractivity contribution in [2.45, 2.75) is 31.8 Å². The van der Waals surface area contributed by atoms with E-state index in [0.29, 0.717) is 12.8 Å². The molecule has 0 aliphatic carbocycles. The summed E-state index contributed by atoms with van der Waals surface area (Å²) in [6, 6.07) is 9.73. The van der Waals surface area contributed by atoms with E-state index in [1.165, 1.54) is 0 Å². The van der Waals surface area contributed by atoms with E-state index in [2.05, 4.69) is 0 Å². The van der Waals surface area contributed by atoms with Gasteiger partial charge in [0, 0.05) is 0 Å². The lowest BCUT2D eigenvalue weighted by Gasteiger charge is -2.20. The quantitative estimate of drug-likeness (QED) is 0.776. The third-order valence-electron chi connectivity index (χ3n) is 2.33. The number of aliphatic carboxylic acids is 1. The maximum atomic E-state index is 10.5. The van der Waals surface area contributed by atoms with Crippen LogP contribution >= 0.6 is 0 Å². The number of carboxylic acid groups (broad SMARTS) is 1. The standard InChI is InChI=1S/C12H16O3/c1-12(15,9-11(13)14)8-7-10-5-3-2-4-6-10/h2-6,15H,7-9H2,1H3,(H,13,14). The first kappa shape index (κ1) is 11.7. The van der Waals surface area contributed by atoms with Gasteiger partial charge in [-0.15, -0.1) is 0 Å². The summed E-state index contributed by atoms with van der Waals surface area (Å²) in [4.78, 5) is 10.5. The second-order valence-corrected chi connectivity index (χ2v) is 4.05. The maximum absolute atomic E-state index is 10.5. The van der Waals surface area contributed by atoms with E-state index in [1.807, 2.05) is 30.3 Å². The van der Waals surface area contributed by atoms with Crippen LogP contribution in [-0.2, 0) is 11.2 Å². The summed E-state index contributed by atoms with van der Waals surface area (Å²) in [7, 11) is 0. The Labute approximate surface area is 89.4 Å². The van der Waals surface area contributed by atoms with E-state index >= 15 is 0 Å². The predicted molar refractivity (Wildman–Crippen MR) is 57.6 cm³/mol. The molecule has 0 aliphatic heterocycles. The van der Waals surface area contributed by atoms with Gasteiger partial charge >= 0.3 is 5.97 Å². The van der Waals surface area contributed by atoms with E-state index in [1.54, 1.807) is 6.92 Å². The fourth-order valence-electron chi connectivity index (χ4n) is 1.47. The smallest absolute Gasteiger partial charge is 0.306 e. The predicted octanol–water partition coefficient (Wildman–Crippen LogP) is 1.84. The van der Waals surface area contributed by atoms with Crippen LogP contribution in [-0.4, -0.2) is 21.8 Å².